The standard InChI is InChI=1S/C22H24N4O3/c1-13-3-5-18-16(9-13)11-23-21-17(12-24-26(18)21)22(27)25-14(2)15-4-6-19-20(10-15)29-8-7-28-19/h4,6,10-14H,3,5,7-9H2,1-2H3,(H,25,27)/t13-,14+/m1/s1. The van der Waals surface area contributed by atoms with E-state index in [1.165, 1.54) is 11.3 Å². The van der Waals surface area contributed by atoms with Crippen LogP contribution in [-0.2, 0) is 12.8 Å². The summed E-state index contributed by atoms with van der Waals surface area (Å²) in [4.78, 5) is 17.5. The maximum atomic E-state index is 13.0. The molecular formula is C22H24N4O3. The first-order valence-electron chi connectivity index (χ1n) is 10.1. The molecule has 0 spiro atoms. The van der Waals surface area contributed by atoms with Crippen molar-refractivity contribution >= 4 is 11.6 Å². The molecule has 1 amide bonds. The normalized spacial score (nSPS) is 18.9. The van der Waals surface area contributed by atoms with E-state index in [2.05, 4.69) is 22.3 Å². The fourth-order valence-corrected chi connectivity index (χ4v) is 4.16. The SMILES string of the molecule is C[C@@H]1CCc2c(cnc3c(C(=O)N[C@@H](C)c4ccc5c(c4)OCCO5)cnn23)C1. The van der Waals surface area contributed by atoms with Crippen molar-refractivity contribution in [3.05, 3.63) is 53.0 Å². The quantitative estimate of drug-likeness (QED) is 0.741. The van der Waals surface area contributed by atoms with Crippen molar-refractivity contribution in [3.63, 3.8) is 0 Å². The van der Waals surface area contributed by atoms with Crippen LogP contribution in [0.25, 0.3) is 5.65 Å². The van der Waals surface area contributed by atoms with Crippen LogP contribution in [0.4, 0.5) is 0 Å². The van der Waals surface area contributed by atoms with Crippen molar-refractivity contribution in [1.29, 1.82) is 0 Å². The second kappa shape index (κ2) is 7.06. The second-order valence-electron chi connectivity index (χ2n) is 7.97. The van der Waals surface area contributed by atoms with Gasteiger partial charge in [0, 0.05) is 11.9 Å². The molecule has 2 atom stereocenters. The smallest absolute Gasteiger partial charge is 0.257 e. The van der Waals surface area contributed by atoms with Crippen LogP contribution >= 0.6 is 0 Å². The summed E-state index contributed by atoms with van der Waals surface area (Å²) >= 11 is 0. The van der Waals surface area contributed by atoms with E-state index < -0.39 is 0 Å². The number of hydrogen-bond acceptors (Lipinski definition) is 5. The zero-order valence-electron chi connectivity index (χ0n) is 16.6. The van der Waals surface area contributed by atoms with Gasteiger partial charge in [0.05, 0.1) is 12.2 Å². The van der Waals surface area contributed by atoms with E-state index >= 15 is 0 Å². The summed E-state index contributed by atoms with van der Waals surface area (Å²) in [7, 11) is 0. The third kappa shape index (κ3) is 3.20. The third-order valence-electron chi connectivity index (χ3n) is 5.81. The highest BCUT2D eigenvalue weighted by molar-refractivity contribution is 5.99. The van der Waals surface area contributed by atoms with Crippen LogP contribution in [0.15, 0.2) is 30.6 Å². The first-order valence-corrected chi connectivity index (χ1v) is 10.1. The number of nitrogens with one attached hydrogen (secondary N) is 1. The van der Waals surface area contributed by atoms with Crippen LogP contribution in [0.3, 0.4) is 0 Å². The van der Waals surface area contributed by atoms with E-state index in [1.807, 2.05) is 35.8 Å². The Balaban J connectivity index is 1.39. The molecule has 7 nitrogen and oxygen atoms in total. The predicted octanol–water partition coefficient (Wildman–Crippen LogP) is 3.12. The molecule has 3 heterocycles. The van der Waals surface area contributed by atoms with Gasteiger partial charge in [-0.25, -0.2) is 9.50 Å². The van der Waals surface area contributed by atoms with Gasteiger partial charge in [0.2, 0.25) is 0 Å². The molecule has 0 saturated heterocycles. The molecule has 1 N–H and O–H groups in total. The summed E-state index contributed by atoms with van der Waals surface area (Å²) in [6.07, 6.45) is 6.64. The number of nitrogens with zero attached hydrogens (tertiary/aromatic N) is 3. The van der Waals surface area contributed by atoms with E-state index in [9.17, 15) is 4.79 Å². The maximum absolute atomic E-state index is 13.0. The highest BCUT2D eigenvalue weighted by Crippen LogP contribution is 2.32. The molecule has 3 aromatic rings. The van der Waals surface area contributed by atoms with Gasteiger partial charge in [0.25, 0.3) is 5.91 Å². The van der Waals surface area contributed by atoms with Crippen LogP contribution in [0.5, 0.6) is 11.5 Å². The molecular weight excluding hydrogens is 368 g/mol. The van der Waals surface area contributed by atoms with E-state index in [0.717, 1.165) is 30.6 Å². The second-order valence-corrected chi connectivity index (χ2v) is 7.97. The summed E-state index contributed by atoms with van der Waals surface area (Å²) < 4.78 is 13.1. The van der Waals surface area contributed by atoms with Crippen LogP contribution in [0, 0.1) is 5.92 Å². The number of fused-ring (bicyclic) bond motifs is 4. The van der Waals surface area contributed by atoms with Gasteiger partial charge in [-0.3, -0.25) is 4.79 Å². The van der Waals surface area contributed by atoms with Crippen molar-refractivity contribution in [1.82, 2.24) is 19.9 Å². The van der Waals surface area contributed by atoms with Gasteiger partial charge in [-0.2, -0.15) is 5.10 Å². The van der Waals surface area contributed by atoms with Crippen molar-refractivity contribution in [2.75, 3.05) is 13.2 Å². The number of aromatic nitrogens is 3. The van der Waals surface area contributed by atoms with Gasteiger partial charge in [0.1, 0.15) is 18.8 Å². The molecule has 0 bridgehead atoms. The molecule has 29 heavy (non-hydrogen) atoms. The van der Waals surface area contributed by atoms with Crippen molar-refractivity contribution < 1.29 is 14.3 Å². The number of carbonyl (C=O) groups excluding carboxylic acids is 1. The molecule has 0 fully saturated rings. The Morgan fingerprint density at radius 2 is 2.07 bits per heavy atom. The monoisotopic (exact) mass is 392 g/mol. The van der Waals surface area contributed by atoms with Gasteiger partial charge in [-0.1, -0.05) is 13.0 Å². The topological polar surface area (TPSA) is 77.8 Å². The first-order chi connectivity index (χ1) is 14.1. The Bertz CT molecular complexity index is 1090. The maximum Gasteiger partial charge on any atom is 0.257 e. The Morgan fingerprint density at radius 3 is 2.93 bits per heavy atom. The Morgan fingerprint density at radius 1 is 1.24 bits per heavy atom. The predicted molar refractivity (Wildman–Crippen MR) is 107 cm³/mol. The Kier molecular flexibility index (Phi) is 4.38. The lowest BCUT2D eigenvalue weighted by molar-refractivity contribution is 0.0941. The summed E-state index contributed by atoms with van der Waals surface area (Å²) in [6, 6.07) is 5.57. The third-order valence-corrected chi connectivity index (χ3v) is 5.81. The summed E-state index contributed by atoms with van der Waals surface area (Å²) in [6.45, 7) is 5.30. The lowest BCUT2D eigenvalue weighted by Gasteiger charge is -2.21. The highest BCUT2D eigenvalue weighted by atomic mass is 16.6. The van der Waals surface area contributed by atoms with E-state index in [0.29, 0.717) is 36.1 Å². The molecule has 0 unspecified atom stereocenters. The van der Waals surface area contributed by atoms with Gasteiger partial charge in [-0.15, -0.1) is 0 Å². The molecule has 2 aromatic heterocycles. The minimum absolute atomic E-state index is 0.181. The lowest BCUT2D eigenvalue weighted by atomic mass is 9.89. The largest absolute Gasteiger partial charge is 0.486 e. The average Bonchev–Trinajstić information content (AvgIpc) is 3.17. The number of ether oxygens (including phenoxy) is 2. The lowest BCUT2D eigenvalue weighted by Crippen LogP contribution is -2.27. The van der Waals surface area contributed by atoms with Crippen LogP contribution in [0.1, 0.15) is 53.5 Å². The number of hydrogen-bond donors (Lipinski definition) is 1. The number of rotatable bonds is 3. The molecule has 7 heteroatoms. The van der Waals surface area contributed by atoms with Gasteiger partial charge >= 0.3 is 0 Å². The zero-order valence-corrected chi connectivity index (χ0v) is 16.6. The first kappa shape index (κ1) is 18.0. The molecule has 1 aliphatic carbocycles. The summed E-state index contributed by atoms with van der Waals surface area (Å²) in [5.41, 5.74) is 4.47. The van der Waals surface area contributed by atoms with Crippen molar-refractivity contribution in [3.8, 4) is 11.5 Å². The molecule has 0 radical (unpaired) electrons. The zero-order chi connectivity index (χ0) is 20.0. The van der Waals surface area contributed by atoms with Crippen LogP contribution < -0.4 is 14.8 Å². The van der Waals surface area contributed by atoms with Crippen LogP contribution in [0.2, 0.25) is 0 Å². The number of benzene rings is 1. The Hall–Kier alpha value is -3.09. The van der Waals surface area contributed by atoms with Crippen LogP contribution in [-0.4, -0.2) is 33.7 Å². The molecule has 5 rings (SSSR count). The summed E-state index contributed by atoms with van der Waals surface area (Å²) in [5.74, 6) is 1.93. The van der Waals surface area contributed by atoms with Gasteiger partial charge in [-0.05, 0) is 55.4 Å². The highest BCUT2D eigenvalue weighted by Gasteiger charge is 2.23. The molecule has 150 valence electrons. The molecule has 1 aromatic carbocycles. The number of carbonyl (C=O) groups is 1. The van der Waals surface area contributed by atoms with Gasteiger partial charge < -0.3 is 14.8 Å². The summed E-state index contributed by atoms with van der Waals surface area (Å²) in [5, 5.41) is 7.53. The van der Waals surface area contributed by atoms with E-state index in [4.69, 9.17) is 9.47 Å². The van der Waals surface area contributed by atoms with E-state index in [1.54, 1.807) is 6.20 Å². The van der Waals surface area contributed by atoms with Crippen molar-refractivity contribution in [2.24, 2.45) is 5.92 Å². The molecule has 0 saturated carbocycles. The molecule has 1 aliphatic heterocycles. The minimum Gasteiger partial charge on any atom is -0.486 e. The number of amides is 1. The van der Waals surface area contributed by atoms with E-state index in [-0.39, 0.29) is 11.9 Å². The van der Waals surface area contributed by atoms with Gasteiger partial charge in [0.15, 0.2) is 17.1 Å². The molecule has 2 aliphatic rings. The Labute approximate surface area is 169 Å². The number of aryl methyl sites for hydroxylation is 1. The van der Waals surface area contributed by atoms with Crippen molar-refractivity contribution in [2.45, 2.75) is 39.2 Å². The fraction of sp³-hybridized carbons (Fsp3) is 0.409. The average molecular weight is 392 g/mol. The fourth-order valence-electron chi connectivity index (χ4n) is 4.16. The minimum atomic E-state index is -0.188.